The van der Waals surface area contributed by atoms with Crippen LogP contribution in [0.5, 0.6) is 11.5 Å². The third-order valence-corrected chi connectivity index (χ3v) is 6.43. The predicted molar refractivity (Wildman–Crippen MR) is 137 cm³/mol. The van der Waals surface area contributed by atoms with Gasteiger partial charge in [0.15, 0.2) is 0 Å². The predicted octanol–water partition coefficient (Wildman–Crippen LogP) is 5.17. The number of methoxy groups -OCH3 is 2. The summed E-state index contributed by atoms with van der Waals surface area (Å²) in [6.45, 7) is 1.91. The maximum atomic E-state index is 13.5. The zero-order chi connectivity index (χ0) is 25.6. The number of Topliss-reactive ketones (excluding diaryl/α,β-unsaturated/α-hetero) is 1. The molecule has 1 aromatic heterocycles. The Morgan fingerprint density at radius 1 is 1.03 bits per heavy atom. The SMILES string of the molecule is COc1cc(/C(O)=C2\C(=O)C(=O)N(c3nc4ccccc4[nH]3)C2c2cccc(C)c2)c(OC)cc1Cl. The molecule has 0 radical (unpaired) electrons. The Morgan fingerprint density at radius 3 is 2.47 bits per heavy atom. The van der Waals surface area contributed by atoms with E-state index in [1.807, 2.05) is 43.3 Å². The number of aromatic amines is 1. The van der Waals surface area contributed by atoms with E-state index < -0.39 is 23.5 Å². The van der Waals surface area contributed by atoms with Crippen molar-refractivity contribution in [2.45, 2.75) is 13.0 Å². The van der Waals surface area contributed by atoms with Crippen molar-refractivity contribution in [3.8, 4) is 11.5 Å². The van der Waals surface area contributed by atoms with E-state index in [4.69, 9.17) is 21.1 Å². The number of ketones is 1. The van der Waals surface area contributed by atoms with Crippen LogP contribution in [0, 0.1) is 6.92 Å². The number of imidazole rings is 1. The number of amides is 1. The smallest absolute Gasteiger partial charge is 0.302 e. The number of rotatable bonds is 5. The van der Waals surface area contributed by atoms with Gasteiger partial charge in [0.25, 0.3) is 5.78 Å². The number of hydrogen-bond acceptors (Lipinski definition) is 6. The molecule has 1 amide bonds. The highest BCUT2D eigenvalue weighted by Crippen LogP contribution is 2.44. The first-order valence-corrected chi connectivity index (χ1v) is 11.5. The minimum Gasteiger partial charge on any atom is -0.507 e. The molecule has 182 valence electrons. The summed E-state index contributed by atoms with van der Waals surface area (Å²) in [5, 5.41) is 11.8. The molecule has 2 N–H and O–H groups in total. The number of H-pyrrole nitrogens is 1. The number of ether oxygens (including phenoxy) is 2. The van der Waals surface area contributed by atoms with Crippen molar-refractivity contribution in [3.63, 3.8) is 0 Å². The van der Waals surface area contributed by atoms with E-state index in [1.54, 1.807) is 12.1 Å². The van der Waals surface area contributed by atoms with Gasteiger partial charge < -0.3 is 19.6 Å². The van der Waals surface area contributed by atoms with Crippen molar-refractivity contribution in [1.82, 2.24) is 9.97 Å². The van der Waals surface area contributed by atoms with Gasteiger partial charge in [-0.2, -0.15) is 0 Å². The number of aryl methyl sites for hydroxylation is 1. The van der Waals surface area contributed by atoms with Crippen LogP contribution in [-0.4, -0.2) is 41.0 Å². The van der Waals surface area contributed by atoms with Gasteiger partial charge in [-0.3, -0.25) is 14.5 Å². The fourth-order valence-corrected chi connectivity index (χ4v) is 4.68. The van der Waals surface area contributed by atoms with Crippen molar-refractivity contribution in [1.29, 1.82) is 0 Å². The Hall–Kier alpha value is -4.30. The lowest BCUT2D eigenvalue weighted by Gasteiger charge is -2.23. The molecule has 5 rings (SSSR count). The number of aliphatic hydroxyl groups excluding tert-OH is 1. The van der Waals surface area contributed by atoms with Gasteiger partial charge in [-0.25, -0.2) is 4.98 Å². The normalized spacial score (nSPS) is 17.1. The van der Waals surface area contributed by atoms with Crippen molar-refractivity contribution in [2.24, 2.45) is 0 Å². The lowest BCUT2D eigenvalue weighted by molar-refractivity contribution is -0.132. The number of carbonyl (C=O) groups is 2. The zero-order valence-electron chi connectivity index (χ0n) is 19.7. The summed E-state index contributed by atoms with van der Waals surface area (Å²) in [4.78, 5) is 35.8. The number of hydrogen-bond donors (Lipinski definition) is 2. The molecule has 0 spiro atoms. The standard InChI is InChI=1S/C27H22ClN3O5/c1-14-7-6-8-15(11-14)23-22(24(32)16-12-21(36-3)17(28)13-20(16)35-2)25(33)26(34)31(23)27-29-18-9-4-5-10-19(18)30-27/h4-13,23,32H,1-3H3,(H,29,30)/b24-22+. The molecule has 1 aliphatic rings. The number of aromatic nitrogens is 2. The number of anilines is 1. The van der Waals surface area contributed by atoms with Crippen LogP contribution >= 0.6 is 11.6 Å². The molecule has 1 fully saturated rings. The zero-order valence-corrected chi connectivity index (χ0v) is 20.5. The molecule has 3 aromatic carbocycles. The minimum absolute atomic E-state index is 0.103. The highest BCUT2D eigenvalue weighted by atomic mass is 35.5. The van der Waals surface area contributed by atoms with E-state index in [0.717, 1.165) is 5.56 Å². The summed E-state index contributed by atoms with van der Waals surface area (Å²) < 4.78 is 10.7. The van der Waals surface area contributed by atoms with Crippen molar-refractivity contribution in [2.75, 3.05) is 19.1 Å². The fourth-order valence-electron chi connectivity index (χ4n) is 4.45. The quantitative estimate of drug-likeness (QED) is 0.221. The number of benzene rings is 3. The van der Waals surface area contributed by atoms with Crippen LogP contribution in [0.1, 0.15) is 22.7 Å². The molecule has 1 aliphatic heterocycles. The maximum absolute atomic E-state index is 13.5. The number of fused-ring (bicyclic) bond motifs is 1. The Morgan fingerprint density at radius 2 is 1.78 bits per heavy atom. The van der Waals surface area contributed by atoms with Crippen molar-refractivity contribution < 1.29 is 24.2 Å². The molecule has 2 heterocycles. The van der Waals surface area contributed by atoms with E-state index in [2.05, 4.69) is 9.97 Å². The highest BCUT2D eigenvalue weighted by Gasteiger charge is 2.48. The highest BCUT2D eigenvalue weighted by molar-refractivity contribution is 6.51. The van der Waals surface area contributed by atoms with Crippen LogP contribution in [0.4, 0.5) is 5.95 Å². The molecule has 8 nitrogen and oxygen atoms in total. The average molecular weight is 504 g/mol. The van der Waals surface area contributed by atoms with E-state index >= 15 is 0 Å². The largest absolute Gasteiger partial charge is 0.507 e. The molecule has 0 bridgehead atoms. The minimum atomic E-state index is -0.947. The van der Waals surface area contributed by atoms with Gasteiger partial charge in [0.2, 0.25) is 5.95 Å². The molecule has 9 heteroatoms. The summed E-state index contributed by atoms with van der Waals surface area (Å²) in [5.41, 5.74) is 2.97. The van der Waals surface area contributed by atoms with E-state index in [1.165, 1.54) is 31.3 Å². The van der Waals surface area contributed by atoms with Crippen LogP contribution in [-0.2, 0) is 9.59 Å². The number of nitrogens with one attached hydrogen (secondary N) is 1. The third kappa shape index (κ3) is 3.76. The number of aliphatic hydroxyl groups is 1. The van der Waals surface area contributed by atoms with E-state index in [-0.39, 0.29) is 33.6 Å². The van der Waals surface area contributed by atoms with Crippen LogP contribution < -0.4 is 14.4 Å². The summed E-state index contributed by atoms with van der Waals surface area (Å²) in [6, 6.07) is 16.7. The second-order valence-corrected chi connectivity index (χ2v) is 8.76. The third-order valence-electron chi connectivity index (χ3n) is 6.14. The summed E-state index contributed by atoms with van der Waals surface area (Å²) in [7, 11) is 2.85. The first kappa shape index (κ1) is 23.4. The van der Waals surface area contributed by atoms with Gasteiger partial charge in [0.05, 0.1) is 47.5 Å². The molecule has 1 unspecified atom stereocenters. The molecular formula is C27H22ClN3O5. The molecule has 4 aromatic rings. The monoisotopic (exact) mass is 503 g/mol. The van der Waals surface area contributed by atoms with E-state index in [0.29, 0.717) is 16.6 Å². The van der Waals surface area contributed by atoms with Gasteiger partial charge in [-0.15, -0.1) is 0 Å². The second kappa shape index (κ2) is 9.05. The number of halogens is 1. The van der Waals surface area contributed by atoms with Crippen LogP contribution in [0.2, 0.25) is 5.02 Å². The number of carbonyl (C=O) groups excluding carboxylic acids is 2. The molecule has 0 aliphatic carbocycles. The Labute approximate surface area is 211 Å². The average Bonchev–Trinajstić information content (AvgIpc) is 3.41. The van der Waals surface area contributed by atoms with Gasteiger partial charge in [0.1, 0.15) is 17.3 Å². The van der Waals surface area contributed by atoms with Crippen LogP contribution in [0.25, 0.3) is 16.8 Å². The summed E-state index contributed by atoms with van der Waals surface area (Å²) in [6.07, 6.45) is 0. The first-order valence-electron chi connectivity index (χ1n) is 11.1. The van der Waals surface area contributed by atoms with Crippen molar-refractivity contribution in [3.05, 3.63) is 87.9 Å². The topological polar surface area (TPSA) is 105 Å². The Bertz CT molecular complexity index is 1530. The first-order chi connectivity index (χ1) is 17.3. The van der Waals surface area contributed by atoms with Crippen LogP contribution in [0.15, 0.2) is 66.2 Å². The Balaban J connectivity index is 1.77. The maximum Gasteiger partial charge on any atom is 0.302 e. The molecule has 36 heavy (non-hydrogen) atoms. The number of nitrogens with zero attached hydrogens (tertiary/aromatic N) is 2. The van der Waals surface area contributed by atoms with Gasteiger partial charge in [0, 0.05) is 6.07 Å². The summed E-state index contributed by atoms with van der Waals surface area (Å²) in [5.74, 6) is -1.39. The second-order valence-electron chi connectivity index (χ2n) is 8.35. The molecule has 1 atom stereocenters. The van der Waals surface area contributed by atoms with Gasteiger partial charge in [-0.1, -0.05) is 53.6 Å². The molecule has 1 saturated heterocycles. The fraction of sp³-hybridized carbons (Fsp3) is 0.148. The van der Waals surface area contributed by atoms with Gasteiger partial charge >= 0.3 is 5.91 Å². The van der Waals surface area contributed by atoms with Crippen LogP contribution in [0.3, 0.4) is 0 Å². The number of para-hydroxylation sites is 2. The van der Waals surface area contributed by atoms with Crippen molar-refractivity contribution >= 4 is 46.0 Å². The summed E-state index contributed by atoms with van der Waals surface area (Å²) >= 11 is 6.24. The lowest BCUT2D eigenvalue weighted by Crippen LogP contribution is -2.30. The van der Waals surface area contributed by atoms with Gasteiger partial charge in [-0.05, 0) is 30.7 Å². The Kier molecular flexibility index (Phi) is 5.89. The lowest BCUT2D eigenvalue weighted by atomic mass is 9.94. The molecule has 0 saturated carbocycles. The molecular weight excluding hydrogens is 482 g/mol. The van der Waals surface area contributed by atoms with E-state index in [9.17, 15) is 14.7 Å².